The minimum absolute atomic E-state index is 0.872. The van der Waals surface area contributed by atoms with Crippen molar-refractivity contribution in [2.75, 3.05) is 38.6 Å². The number of anilines is 1. The summed E-state index contributed by atoms with van der Waals surface area (Å²) in [6.45, 7) is 5.12. The van der Waals surface area contributed by atoms with Gasteiger partial charge in [-0.2, -0.15) is 0 Å². The molecule has 1 aromatic rings. The minimum Gasteiger partial charge on any atom is -0.478 e. The highest BCUT2D eigenvalue weighted by Crippen LogP contribution is 2.28. The number of benzene rings is 1. The topological polar surface area (TPSA) is 43.8 Å². The summed E-state index contributed by atoms with van der Waals surface area (Å²) in [5.74, 6) is -0.936. The fourth-order valence-corrected chi connectivity index (χ4v) is 2.64. The molecule has 0 amide bonds. The van der Waals surface area contributed by atoms with E-state index in [1.54, 1.807) is 6.08 Å². The second-order valence-corrected chi connectivity index (χ2v) is 6.03. The van der Waals surface area contributed by atoms with Crippen molar-refractivity contribution < 1.29 is 9.90 Å². The van der Waals surface area contributed by atoms with Gasteiger partial charge < -0.3 is 14.9 Å². The Balaban J connectivity index is 2.90. The van der Waals surface area contributed by atoms with Gasteiger partial charge in [-0.1, -0.05) is 13.0 Å². The predicted octanol–water partition coefficient (Wildman–Crippen LogP) is 3.32. The molecule has 4 nitrogen and oxygen atoms in total. The molecule has 1 aromatic carbocycles. The number of nitrogens with zero attached hydrogens (tertiary/aromatic N) is 2. The standard InChI is InChI=1S/C16H23BrN2O2/c1-4-9-19(11-10-18(2)3)15-7-5-13(12-14(15)17)6-8-16(20)21/h5-8,12H,4,9-11H2,1-3H3,(H,20,21)/b8-6+. The lowest BCUT2D eigenvalue weighted by Gasteiger charge is -2.27. The normalized spacial score (nSPS) is 11.3. The molecular weight excluding hydrogens is 332 g/mol. The van der Waals surface area contributed by atoms with Crippen LogP contribution in [0.5, 0.6) is 0 Å². The van der Waals surface area contributed by atoms with Gasteiger partial charge in [-0.3, -0.25) is 0 Å². The summed E-state index contributed by atoms with van der Waals surface area (Å²) in [5.41, 5.74) is 2.02. The molecule has 1 rings (SSSR count). The molecule has 116 valence electrons. The van der Waals surface area contributed by atoms with Gasteiger partial charge in [0.05, 0.1) is 5.69 Å². The Kier molecular flexibility index (Phi) is 7.47. The average molecular weight is 355 g/mol. The van der Waals surface area contributed by atoms with Crippen LogP contribution in [0, 0.1) is 0 Å². The van der Waals surface area contributed by atoms with Crippen molar-refractivity contribution in [2.45, 2.75) is 13.3 Å². The quantitative estimate of drug-likeness (QED) is 0.727. The molecule has 0 bridgehead atoms. The number of hydrogen-bond donors (Lipinski definition) is 1. The van der Waals surface area contributed by atoms with E-state index in [9.17, 15) is 4.79 Å². The fourth-order valence-electron chi connectivity index (χ4n) is 1.99. The SMILES string of the molecule is CCCN(CCN(C)C)c1ccc(/C=C/C(=O)O)cc1Br. The van der Waals surface area contributed by atoms with E-state index in [2.05, 4.69) is 46.7 Å². The van der Waals surface area contributed by atoms with E-state index < -0.39 is 5.97 Å². The van der Waals surface area contributed by atoms with Gasteiger partial charge >= 0.3 is 5.97 Å². The zero-order valence-corrected chi connectivity index (χ0v) is 14.4. The molecule has 1 N–H and O–H groups in total. The number of carboxylic acid groups (broad SMARTS) is 1. The average Bonchev–Trinajstić information content (AvgIpc) is 2.41. The Labute approximate surface area is 135 Å². The van der Waals surface area contributed by atoms with Gasteiger partial charge in [0, 0.05) is 30.2 Å². The lowest BCUT2D eigenvalue weighted by molar-refractivity contribution is -0.131. The highest BCUT2D eigenvalue weighted by Gasteiger charge is 2.10. The molecule has 5 heteroatoms. The number of carbonyl (C=O) groups is 1. The van der Waals surface area contributed by atoms with Crippen molar-refractivity contribution in [2.24, 2.45) is 0 Å². The molecule has 0 unspecified atom stereocenters. The summed E-state index contributed by atoms with van der Waals surface area (Å²) < 4.78 is 0.988. The number of carboxylic acids is 1. The molecule has 0 aliphatic heterocycles. The summed E-state index contributed by atoms with van der Waals surface area (Å²) in [5, 5.41) is 8.67. The van der Waals surface area contributed by atoms with Gasteiger partial charge in [0.15, 0.2) is 0 Å². The van der Waals surface area contributed by atoms with Crippen molar-refractivity contribution in [3.8, 4) is 0 Å². The van der Waals surface area contributed by atoms with Crippen LogP contribution in [0.15, 0.2) is 28.7 Å². The third-order valence-corrected chi connectivity index (χ3v) is 3.68. The summed E-state index contributed by atoms with van der Waals surface area (Å²) in [4.78, 5) is 15.1. The fraction of sp³-hybridized carbons (Fsp3) is 0.438. The Morgan fingerprint density at radius 3 is 2.52 bits per heavy atom. The van der Waals surface area contributed by atoms with Gasteiger partial charge in [-0.25, -0.2) is 4.79 Å². The zero-order valence-electron chi connectivity index (χ0n) is 12.8. The Morgan fingerprint density at radius 1 is 1.29 bits per heavy atom. The zero-order chi connectivity index (χ0) is 15.8. The number of rotatable bonds is 8. The molecule has 0 aliphatic rings. The molecule has 0 radical (unpaired) electrons. The third-order valence-electron chi connectivity index (χ3n) is 3.04. The van der Waals surface area contributed by atoms with Gasteiger partial charge in [-0.15, -0.1) is 0 Å². The molecule has 0 saturated heterocycles. The van der Waals surface area contributed by atoms with Crippen LogP contribution in [0.25, 0.3) is 6.08 Å². The van der Waals surface area contributed by atoms with Crippen LogP contribution in [0.3, 0.4) is 0 Å². The molecule has 0 heterocycles. The van der Waals surface area contributed by atoms with Gasteiger partial charge in [0.25, 0.3) is 0 Å². The first-order valence-corrected chi connectivity index (χ1v) is 7.83. The van der Waals surface area contributed by atoms with E-state index in [1.165, 1.54) is 0 Å². The maximum absolute atomic E-state index is 10.6. The van der Waals surface area contributed by atoms with Crippen LogP contribution in [0.4, 0.5) is 5.69 Å². The van der Waals surface area contributed by atoms with Crippen molar-refractivity contribution in [1.82, 2.24) is 4.90 Å². The molecule has 0 saturated carbocycles. The minimum atomic E-state index is -0.936. The van der Waals surface area contributed by atoms with Crippen LogP contribution in [-0.2, 0) is 4.79 Å². The lowest BCUT2D eigenvalue weighted by atomic mass is 10.1. The maximum atomic E-state index is 10.6. The molecular formula is C16H23BrN2O2. The lowest BCUT2D eigenvalue weighted by Crippen LogP contribution is -2.32. The van der Waals surface area contributed by atoms with Crippen LogP contribution >= 0.6 is 15.9 Å². The summed E-state index contributed by atoms with van der Waals surface area (Å²) >= 11 is 3.60. The Hall–Kier alpha value is -1.33. The number of likely N-dealkylation sites (N-methyl/N-ethyl adjacent to an activating group) is 1. The second kappa shape index (κ2) is 8.85. The Bertz CT molecular complexity index is 501. The van der Waals surface area contributed by atoms with Crippen molar-refractivity contribution in [3.05, 3.63) is 34.3 Å². The summed E-state index contributed by atoms with van der Waals surface area (Å²) in [7, 11) is 4.14. The molecule has 0 fully saturated rings. The Morgan fingerprint density at radius 2 is 2.00 bits per heavy atom. The molecule has 0 spiro atoms. The smallest absolute Gasteiger partial charge is 0.328 e. The van der Waals surface area contributed by atoms with E-state index >= 15 is 0 Å². The molecule has 21 heavy (non-hydrogen) atoms. The van der Waals surface area contributed by atoms with Gasteiger partial charge in [-0.05, 0) is 60.2 Å². The van der Waals surface area contributed by atoms with Crippen molar-refractivity contribution in [3.63, 3.8) is 0 Å². The van der Waals surface area contributed by atoms with Crippen LogP contribution in [0.2, 0.25) is 0 Å². The van der Waals surface area contributed by atoms with E-state index in [1.807, 2.05) is 18.2 Å². The van der Waals surface area contributed by atoms with Crippen LogP contribution in [-0.4, -0.2) is 49.7 Å². The highest BCUT2D eigenvalue weighted by molar-refractivity contribution is 9.10. The monoisotopic (exact) mass is 354 g/mol. The van der Waals surface area contributed by atoms with Gasteiger partial charge in [0.2, 0.25) is 0 Å². The predicted molar refractivity (Wildman–Crippen MR) is 91.9 cm³/mol. The van der Waals surface area contributed by atoms with Crippen molar-refractivity contribution >= 4 is 33.7 Å². The van der Waals surface area contributed by atoms with E-state index in [0.29, 0.717) is 0 Å². The number of halogens is 1. The first-order chi connectivity index (χ1) is 9.93. The summed E-state index contributed by atoms with van der Waals surface area (Å²) in [6, 6.07) is 5.93. The number of hydrogen-bond acceptors (Lipinski definition) is 3. The van der Waals surface area contributed by atoms with Crippen LogP contribution in [0.1, 0.15) is 18.9 Å². The first kappa shape index (κ1) is 17.7. The largest absolute Gasteiger partial charge is 0.478 e. The second-order valence-electron chi connectivity index (χ2n) is 5.17. The highest BCUT2D eigenvalue weighted by atomic mass is 79.9. The number of aliphatic carboxylic acids is 1. The van der Waals surface area contributed by atoms with Crippen molar-refractivity contribution in [1.29, 1.82) is 0 Å². The van der Waals surface area contributed by atoms with E-state index in [0.717, 1.165) is 47.9 Å². The molecule has 0 atom stereocenters. The summed E-state index contributed by atoms with van der Waals surface area (Å²) in [6.07, 6.45) is 3.83. The van der Waals surface area contributed by atoms with E-state index in [4.69, 9.17) is 5.11 Å². The van der Waals surface area contributed by atoms with Crippen LogP contribution < -0.4 is 4.90 Å². The first-order valence-electron chi connectivity index (χ1n) is 7.04. The van der Waals surface area contributed by atoms with Gasteiger partial charge in [0.1, 0.15) is 0 Å². The van der Waals surface area contributed by atoms with E-state index in [-0.39, 0.29) is 0 Å². The molecule has 0 aromatic heterocycles. The molecule has 0 aliphatic carbocycles. The maximum Gasteiger partial charge on any atom is 0.328 e. The third kappa shape index (κ3) is 6.31.